The van der Waals surface area contributed by atoms with Crippen LogP contribution in [0.4, 0.5) is 0 Å². The fraction of sp³-hybridized carbons (Fsp3) is 0.429. The lowest BCUT2D eigenvalue weighted by Crippen LogP contribution is -2.29. The maximum absolute atomic E-state index is 11.0. The van der Waals surface area contributed by atoms with E-state index in [-0.39, 0.29) is 0 Å². The Labute approximate surface area is 111 Å². The number of carbonyl (C=O) groups is 1. The fourth-order valence-corrected chi connectivity index (χ4v) is 2.72. The molecule has 0 aromatic carbocycles. The van der Waals surface area contributed by atoms with Crippen molar-refractivity contribution in [1.82, 2.24) is 14.3 Å². The highest BCUT2D eigenvalue weighted by molar-refractivity contribution is 5.88. The molecule has 0 saturated carbocycles. The van der Waals surface area contributed by atoms with E-state index in [9.17, 15) is 4.79 Å². The van der Waals surface area contributed by atoms with Crippen molar-refractivity contribution in [3.63, 3.8) is 0 Å². The highest BCUT2D eigenvalue weighted by Gasteiger charge is 2.22. The number of pyridine rings is 1. The van der Waals surface area contributed by atoms with Gasteiger partial charge in [-0.1, -0.05) is 0 Å². The van der Waals surface area contributed by atoms with Crippen LogP contribution in [0.3, 0.4) is 0 Å². The first kappa shape index (κ1) is 12.2. The van der Waals surface area contributed by atoms with Gasteiger partial charge in [-0.05, 0) is 45.1 Å². The molecule has 0 aliphatic carbocycles. The summed E-state index contributed by atoms with van der Waals surface area (Å²) in [5.41, 5.74) is 1.16. The number of hydrogen-bond acceptors (Lipinski definition) is 3. The second-order valence-electron chi connectivity index (χ2n) is 5.21. The fourth-order valence-electron chi connectivity index (χ4n) is 2.72. The normalized spacial score (nSPS) is 17.9. The summed E-state index contributed by atoms with van der Waals surface area (Å²) in [5, 5.41) is 8.99. The number of carboxylic acids is 1. The van der Waals surface area contributed by atoms with Gasteiger partial charge in [0.25, 0.3) is 0 Å². The number of hydrogen-bond donors (Lipinski definition) is 1. The lowest BCUT2D eigenvalue weighted by atomic mass is 9.96. The van der Waals surface area contributed by atoms with E-state index < -0.39 is 5.97 Å². The van der Waals surface area contributed by atoms with Crippen LogP contribution >= 0.6 is 0 Å². The molecule has 0 unspecified atom stereocenters. The molecule has 19 heavy (non-hydrogen) atoms. The molecule has 0 amide bonds. The number of imidazole rings is 1. The van der Waals surface area contributed by atoms with Gasteiger partial charge in [-0.25, -0.2) is 9.78 Å². The van der Waals surface area contributed by atoms with Gasteiger partial charge in [0.05, 0.1) is 17.3 Å². The molecule has 3 heterocycles. The number of aromatic carboxylic acids is 1. The Balaban J connectivity index is 1.95. The number of nitrogens with zero attached hydrogens (tertiary/aromatic N) is 3. The summed E-state index contributed by atoms with van der Waals surface area (Å²) in [7, 11) is 2.14. The second kappa shape index (κ2) is 4.66. The Bertz CT molecular complexity index is 612. The quantitative estimate of drug-likeness (QED) is 0.894. The molecular weight excluding hydrogens is 242 g/mol. The topological polar surface area (TPSA) is 57.8 Å². The molecule has 2 aromatic rings. The van der Waals surface area contributed by atoms with Crippen LogP contribution in [0.5, 0.6) is 0 Å². The molecule has 0 bridgehead atoms. The van der Waals surface area contributed by atoms with Crippen LogP contribution in [0.15, 0.2) is 24.5 Å². The zero-order chi connectivity index (χ0) is 13.4. The first-order valence-electron chi connectivity index (χ1n) is 6.54. The summed E-state index contributed by atoms with van der Waals surface area (Å²) >= 11 is 0. The van der Waals surface area contributed by atoms with E-state index in [2.05, 4.69) is 16.9 Å². The minimum Gasteiger partial charge on any atom is -0.478 e. The van der Waals surface area contributed by atoms with E-state index in [4.69, 9.17) is 5.11 Å². The highest BCUT2D eigenvalue weighted by atomic mass is 16.4. The maximum atomic E-state index is 11.0. The third kappa shape index (κ3) is 2.21. The van der Waals surface area contributed by atoms with Gasteiger partial charge in [0.1, 0.15) is 5.82 Å². The molecule has 100 valence electrons. The zero-order valence-corrected chi connectivity index (χ0v) is 10.9. The first-order valence-corrected chi connectivity index (χ1v) is 6.54. The smallest absolute Gasteiger partial charge is 0.335 e. The predicted octanol–water partition coefficient (Wildman–Crippen LogP) is 1.84. The molecule has 2 aromatic heterocycles. The van der Waals surface area contributed by atoms with E-state index in [1.54, 1.807) is 18.3 Å². The van der Waals surface area contributed by atoms with Crippen LogP contribution in [-0.2, 0) is 0 Å². The molecule has 1 saturated heterocycles. The van der Waals surface area contributed by atoms with Crippen molar-refractivity contribution in [2.45, 2.75) is 18.8 Å². The minimum absolute atomic E-state index is 0.308. The van der Waals surface area contributed by atoms with E-state index in [1.165, 1.54) is 0 Å². The molecule has 1 fully saturated rings. The molecule has 5 heteroatoms. The maximum Gasteiger partial charge on any atom is 0.335 e. The third-order valence-corrected chi connectivity index (χ3v) is 3.89. The Morgan fingerprint density at radius 2 is 2.16 bits per heavy atom. The van der Waals surface area contributed by atoms with E-state index in [1.807, 2.05) is 10.6 Å². The highest BCUT2D eigenvalue weighted by Crippen LogP contribution is 2.27. The van der Waals surface area contributed by atoms with Gasteiger partial charge in [-0.3, -0.25) is 0 Å². The van der Waals surface area contributed by atoms with E-state index in [0.717, 1.165) is 37.3 Å². The Morgan fingerprint density at radius 1 is 1.42 bits per heavy atom. The van der Waals surface area contributed by atoms with Gasteiger partial charge in [0.2, 0.25) is 0 Å². The number of likely N-dealkylation sites (tertiary alicyclic amines) is 1. The molecule has 0 spiro atoms. The van der Waals surface area contributed by atoms with Crippen LogP contribution in [0.2, 0.25) is 0 Å². The van der Waals surface area contributed by atoms with Crippen molar-refractivity contribution in [3.8, 4) is 0 Å². The van der Waals surface area contributed by atoms with Crippen LogP contribution in [-0.4, -0.2) is 45.5 Å². The van der Waals surface area contributed by atoms with Crippen molar-refractivity contribution in [1.29, 1.82) is 0 Å². The SMILES string of the molecule is CN1CCC(c2ncc3cc(C(=O)O)ccn23)CC1. The summed E-state index contributed by atoms with van der Waals surface area (Å²) in [6, 6.07) is 3.31. The first-order chi connectivity index (χ1) is 9.15. The van der Waals surface area contributed by atoms with Gasteiger partial charge < -0.3 is 14.4 Å². The van der Waals surface area contributed by atoms with Crippen molar-refractivity contribution >= 4 is 11.5 Å². The van der Waals surface area contributed by atoms with Gasteiger partial charge in [0, 0.05) is 12.1 Å². The Hall–Kier alpha value is -1.88. The van der Waals surface area contributed by atoms with Gasteiger partial charge in [-0.15, -0.1) is 0 Å². The van der Waals surface area contributed by atoms with Crippen molar-refractivity contribution in [3.05, 3.63) is 35.9 Å². The lowest BCUT2D eigenvalue weighted by molar-refractivity contribution is 0.0697. The average Bonchev–Trinajstić information content (AvgIpc) is 2.82. The van der Waals surface area contributed by atoms with E-state index >= 15 is 0 Å². The monoisotopic (exact) mass is 259 g/mol. The molecule has 1 aliphatic heterocycles. The van der Waals surface area contributed by atoms with Crippen molar-refractivity contribution < 1.29 is 9.90 Å². The second-order valence-corrected chi connectivity index (χ2v) is 5.21. The third-order valence-electron chi connectivity index (χ3n) is 3.89. The van der Waals surface area contributed by atoms with Gasteiger partial charge in [0.15, 0.2) is 0 Å². The Kier molecular flexibility index (Phi) is 2.98. The molecule has 1 aliphatic rings. The molecule has 0 atom stereocenters. The van der Waals surface area contributed by atoms with Gasteiger partial charge >= 0.3 is 5.97 Å². The molecule has 3 rings (SSSR count). The summed E-state index contributed by atoms with van der Waals surface area (Å²) in [6.45, 7) is 2.18. The number of fused-ring (bicyclic) bond motifs is 1. The number of piperidine rings is 1. The van der Waals surface area contributed by atoms with Crippen LogP contribution in [0.25, 0.3) is 5.52 Å². The summed E-state index contributed by atoms with van der Waals surface area (Å²) < 4.78 is 2.02. The van der Waals surface area contributed by atoms with Crippen LogP contribution in [0.1, 0.15) is 34.9 Å². The standard InChI is InChI=1S/C14H17N3O2/c1-16-5-2-10(3-6-16)13-15-9-12-8-11(14(18)19)4-7-17(12)13/h4,7-10H,2-3,5-6H2,1H3,(H,18,19). The molecule has 5 nitrogen and oxygen atoms in total. The lowest BCUT2D eigenvalue weighted by Gasteiger charge is -2.28. The summed E-state index contributed by atoms with van der Waals surface area (Å²) in [5.74, 6) is 0.624. The predicted molar refractivity (Wildman–Crippen MR) is 71.6 cm³/mol. The number of rotatable bonds is 2. The molecular formula is C14H17N3O2. The molecule has 1 N–H and O–H groups in total. The summed E-state index contributed by atoms with van der Waals surface area (Å²) in [4.78, 5) is 17.8. The number of carboxylic acid groups (broad SMARTS) is 1. The minimum atomic E-state index is -0.899. The number of aromatic nitrogens is 2. The van der Waals surface area contributed by atoms with Gasteiger partial charge in [-0.2, -0.15) is 0 Å². The van der Waals surface area contributed by atoms with Crippen LogP contribution < -0.4 is 0 Å². The van der Waals surface area contributed by atoms with Crippen molar-refractivity contribution in [2.75, 3.05) is 20.1 Å². The molecule has 0 radical (unpaired) electrons. The van der Waals surface area contributed by atoms with Crippen molar-refractivity contribution in [2.24, 2.45) is 0 Å². The zero-order valence-electron chi connectivity index (χ0n) is 10.9. The summed E-state index contributed by atoms with van der Waals surface area (Å²) in [6.07, 6.45) is 5.80. The van der Waals surface area contributed by atoms with E-state index in [0.29, 0.717) is 11.5 Å². The largest absolute Gasteiger partial charge is 0.478 e. The Morgan fingerprint density at radius 3 is 2.84 bits per heavy atom. The van der Waals surface area contributed by atoms with Crippen LogP contribution in [0, 0.1) is 0 Å². The average molecular weight is 259 g/mol.